The van der Waals surface area contributed by atoms with Crippen molar-refractivity contribution < 1.29 is 34.2 Å². The number of nitrogens with zero attached hydrogens (tertiary/aromatic N) is 5. The standard InChI is InChI=1S/C23H43N13O9/c24-13(17(37)15(33-36(44)45)7-2-10-30-21(26)27)5-1-6-14(25)18(38)32-16(8-3-11-31-22(28)29)19(39)34-12-4-9-23(34,20(40)41)35(42)43/h13-16,33H,1-12,24-25H2,(H,32,38)(H,40,41)(H4,26,27,30)(H4,28,29,31)/t13?,14-,15-,16-,23+/m0/s1. The van der Waals surface area contributed by atoms with Gasteiger partial charge >= 0.3 is 11.6 Å². The summed E-state index contributed by atoms with van der Waals surface area (Å²) in [6.45, 7) is -0.0195. The number of likely N-dealkylation sites (tertiary alicyclic amines) is 1. The van der Waals surface area contributed by atoms with Gasteiger partial charge in [-0.3, -0.25) is 39.4 Å². The molecule has 0 aromatic rings. The van der Waals surface area contributed by atoms with E-state index in [0.29, 0.717) is 4.90 Å². The van der Waals surface area contributed by atoms with Crippen molar-refractivity contribution >= 4 is 35.5 Å². The minimum absolute atomic E-state index is 0.0161. The summed E-state index contributed by atoms with van der Waals surface area (Å²) in [5.41, 5.74) is 32.3. The van der Waals surface area contributed by atoms with Crippen LogP contribution in [0, 0.1) is 20.2 Å². The van der Waals surface area contributed by atoms with Crippen LogP contribution in [0.3, 0.4) is 0 Å². The first kappa shape index (κ1) is 38.2. The first-order valence-electron chi connectivity index (χ1n) is 14.1. The van der Waals surface area contributed by atoms with Crippen molar-refractivity contribution in [3.05, 3.63) is 20.2 Å². The molecule has 1 heterocycles. The maximum absolute atomic E-state index is 13.4. The van der Waals surface area contributed by atoms with Crippen molar-refractivity contribution in [2.24, 2.45) is 44.4 Å². The van der Waals surface area contributed by atoms with Crippen LogP contribution in [0.15, 0.2) is 9.98 Å². The van der Waals surface area contributed by atoms with E-state index in [2.05, 4.69) is 15.3 Å². The lowest BCUT2D eigenvalue weighted by molar-refractivity contribution is -0.576. The van der Waals surface area contributed by atoms with Crippen LogP contribution in [0.5, 0.6) is 0 Å². The number of hydrogen-bond donors (Lipinski definition) is 9. The molecule has 5 atom stereocenters. The molecule has 0 saturated carbocycles. The average molecular weight is 646 g/mol. The summed E-state index contributed by atoms with van der Waals surface area (Å²) in [6.07, 6.45) is 0.124. The van der Waals surface area contributed by atoms with Crippen molar-refractivity contribution in [1.82, 2.24) is 15.6 Å². The number of aliphatic carboxylic acids is 1. The molecule has 15 N–H and O–H groups in total. The molecule has 1 aliphatic rings. The highest BCUT2D eigenvalue weighted by atomic mass is 16.7. The second-order valence-electron chi connectivity index (χ2n) is 10.4. The second-order valence-corrected chi connectivity index (χ2v) is 10.4. The molecule has 0 aromatic heterocycles. The second kappa shape index (κ2) is 18.1. The predicted octanol–water partition coefficient (Wildman–Crippen LogP) is -4.20. The number of ketones is 1. The SMILES string of the molecule is NC(N)=NCCC[C@H](N[N+](=O)[O-])C(=O)C(N)CCC[C@H](N)C(=O)N[C@@H](CCCN=C(N)N)C(=O)N1CCC[C@]1(C(=O)O)[N+](=O)[O-]. The topological polar surface area (TPSA) is 383 Å². The van der Waals surface area contributed by atoms with Gasteiger partial charge in [0.05, 0.1) is 23.4 Å². The van der Waals surface area contributed by atoms with E-state index in [9.17, 15) is 44.5 Å². The molecule has 0 aliphatic carbocycles. The number of carbonyl (C=O) groups is 4. The number of hydrogen-bond acceptors (Lipinski definition) is 12. The van der Waals surface area contributed by atoms with Gasteiger partial charge < -0.3 is 44.8 Å². The lowest BCUT2D eigenvalue weighted by atomic mass is 9.96. The molecule has 0 spiro atoms. The van der Waals surface area contributed by atoms with E-state index in [1.165, 1.54) is 0 Å². The number of carboxylic acids is 1. The summed E-state index contributed by atoms with van der Waals surface area (Å²) in [5.74, 6) is -4.63. The number of guanidine groups is 2. The van der Waals surface area contributed by atoms with Crippen molar-refractivity contribution in [3.63, 3.8) is 0 Å². The maximum atomic E-state index is 13.4. The normalized spacial score (nSPS) is 18.5. The van der Waals surface area contributed by atoms with Gasteiger partial charge in [-0.2, -0.15) is 0 Å². The number of nitrogens with one attached hydrogen (secondary N) is 2. The van der Waals surface area contributed by atoms with Crippen LogP contribution in [-0.2, 0) is 19.2 Å². The molecule has 1 saturated heterocycles. The minimum atomic E-state index is -2.68. The van der Waals surface area contributed by atoms with Crippen LogP contribution >= 0.6 is 0 Å². The number of nitrogens with two attached hydrogens (primary N) is 6. The zero-order chi connectivity index (χ0) is 34.3. The van der Waals surface area contributed by atoms with Crippen LogP contribution in [0.2, 0.25) is 0 Å². The lowest BCUT2D eigenvalue weighted by Crippen LogP contribution is -2.62. The molecule has 1 rings (SSSR count). The Labute approximate surface area is 257 Å². The Morgan fingerprint density at radius 2 is 1.40 bits per heavy atom. The van der Waals surface area contributed by atoms with E-state index < -0.39 is 69.8 Å². The third-order valence-corrected chi connectivity index (χ3v) is 7.11. The van der Waals surface area contributed by atoms with Crippen molar-refractivity contribution in [1.29, 1.82) is 0 Å². The molecule has 1 fully saturated rings. The van der Waals surface area contributed by atoms with Gasteiger partial charge in [0.1, 0.15) is 12.1 Å². The number of aliphatic imine (C=N–C) groups is 2. The Bertz CT molecular complexity index is 1130. The highest BCUT2D eigenvalue weighted by molar-refractivity contribution is 5.93. The lowest BCUT2D eigenvalue weighted by Gasteiger charge is -2.30. The molecule has 22 nitrogen and oxygen atoms in total. The highest BCUT2D eigenvalue weighted by Crippen LogP contribution is 2.31. The first-order valence-corrected chi connectivity index (χ1v) is 14.1. The van der Waals surface area contributed by atoms with E-state index >= 15 is 0 Å². The predicted molar refractivity (Wildman–Crippen MR) is 159 cm³/mol. The summed E-state index contributed by atoms with van der Waals surface area (Å²) in [6, 6.07) is -4.95. The fourth-order valence-electron chi connectivity index (χ4n) is 4.80. The zero-order valence-corrected chi connectivity index (χ0v) is 24.7. The maximum Gasteiger partial charge on any atom is 0.405 e. The van der Waals surface area contributed by atoms with E-state index in [-0.39, 0.29) is 82.9 Å². The van der Waals surface area contributed by atoms with Crippen LogP contribution in [0.1, 0.15) is 57.8 Å². The van der Waals surface area contributed by atoms with Crippen molar-refractivity contribution in [3.8, 4) is 0 Å². The summed E-state index contributed by atoms with van der Waals surface area (Å²) < 4.78 is 0. The summed E-state index contributed by atoms with van der Waals surface area (Å²) in [5, 5.41) is 33.9. The van der Waals surface area contributed by atoms with Crippen LogP contribution < -0.4 is 45.1 Å². The molecule has 254 valence electrons. The quantitative estimate of drug-likeness (QED) is 0.0188. The van der Waals surface area contributed by atoms with E-state index in [0.717, 1.165) is 0 Å². The smallest absolute Gasteiger partial charge is 0.405 e. The minimum Gasteiger partial charge on any atom is -0.474 e. The summed E-state index contributed by atoms with van der Waals surface area (Å²) in [7, 11) is 0. The molecular formula is C23H43N13O9. The molecule has 2 amide bonds. The first-order chi connectivity index (χ1) is 21.0. The number of carbonyl (C=O) groups excluding carboxylic acids is 3. The Balaban J connectivity index is 2.88. The van der Waals surface area contributed by atoms with Crippen LogP contribution in [0.4, 0.5) is 0 Å². The number of carboxylic acid groups (broad SMARTS) is 1. The Morgan fingerprint density at radius 1 is 0.867 bits per heavy atom. The monoisotopic (exact) mass is 645 g/mol. The Hall–Kier alpha value is -4.86. The van der Waals surface area contributed by atoms with E-state index in [4.69, 9.17) is 34.4 Å². The van der Waals surface area contributed by atoms with Gasteiger partial charge in [-0.1, -0.05) is 0 Å². The third kappa shape index (κ3) is 11.6. The molecular weight excluding hydrogens is 602 g/mol. The molecule has 22 heteroatoms. The largest absolute Gasteiger partial charge is 0.474 e. The van der Waals surface area contributed by atoms with Crippen LogP contribution in [-0.4, -0.2) is 105 Å². The van der Waals surface area contributed by atoms with Crippen molar-refractivity contribution in [2.75, 3.05) is 19.6 Å². The Morgan fingerprint density at radius 3 is 1.89 bits per heavy atom. The van der Waals surface area contributed by atoms with Gasteiger partial charge in [0.25, 0.3) is 5.91 Å². The van der Waals surface area contributed by atoms with Gasteiger partial charge in [-0.25, -0.2) is 14.9 Å². The van der Waals surface area contributed by atoms with Crippen LogP contribution in [0.25, 0.3) is 0 Å². The van der Waals surface area contributed by atoms with Gasteiger partial charge in [0.2, 0.25) is 5.91 Å². The highest BCUT2D eigenvalue weighted by Gasteiger charge is 2.62. The number of Topliss-reactive ketones (excluding diaryl/α,β-unsaturated/α-hetero) is 1. The molecule has 0 radical (unpaired) electrons. The molecule has 0 bridgehead atoms. The van der Waals surface area contributed by atoms with Crippen molar-refractivity contribution in [2.45, 2.75) is 87.6 Å². The van der Waals surface area contributed by atoms with Gasteiger partial charge in [-0.15, -0.1) is 5.43 Å². The number of amides is 2. The fourth-order valence-corrected chi connectivity index (χ4v) is 4.80. The third-order valence-electron chi connectivity index (χ3n) is 7.11. The van der Waals surface area contributed by atoms with Gasteiger partial charge in [0.15, 0.2) is 22.7 Å². The zero-order valence-electron chi connectivity index (χ0n) is 24.7. The van der Waals surface area contributed by atoms with Gasteiger partial charge in [-0.05, 0) is 51.4 Å². The Kier molecular flexibility index (Phi) is 15.3. The molecule has 1 aliphatic heterocycles. The average Bonchev–Trinajstić information content (AvgIpc) is 3.41. The number of hydrazine groups is 1. The fraction of sp³-hybridized carbons (Fsp3) is 0.739. The summed E-state index contributed by atoms with van der Waals surface area (Å²) >= 11 is 0. The molecule has 1 unspecified atom stereocenters. The molecule has 0 aromatic carbocycles. The van der Waals surface area contributed by atoms with E-state index in [1.54, 1.807) is 0 Å². The number of nitro groups is 2. The van der Waals surface area contributed by atoms with E-state index in [1.807, 2.05) is 5.43 Å². The van der Waals surface area contributed by atoms with Gasteiger partial charge in [0, 0.05) is 19.6 Å². The molecule has 45 heavy (non-hydrogen) atoms. The summed E-state index contributed by atoms with van der Waals surface area (Å²) in [4.78, 5) is 80.8. The number of rotatable bonds is 21.